The minimum atomic E-state index is -1.60. The first kappa shape index (κ1) is 22.8. The molecule has 0 atom stereocenters. The molecule has 0 fully saturated rings. The minimum Gasteiger partial charge on any atom is -0.483 e. The number of carbonyl (C=O) groups is 1. The number of amides is 1. The van der Waals surface area contributed by atoms with E-state index in [2.05, 4.69) is 26.3 Å². The highest BCUT2D eigenvalue weighted by atomic mass is 79.9. The van der Waals surface area contributed by atoms with Gasteiger partial charge in [0.15, 0.2) is 17.4 Å². The lowest BCUT2D eigenvalue weighted by atomic mass is 10.1. The van der Waals surface area contributed by atoms with Gasteiger partial charge in [-0.3, -0.25) is 9.48 Å². The van der Waals surface area contributed by atoms with Gasteiger partial charge in [0.2, 0.25) is 11.6 Å². The summed E-state index contributed by atoms with van der Waals surface area (Å²) < 4.78 is 61.3. The van der Waals surface area contributed by atoms with Gasteiger partial charge < -0.3 is 10.1 Å². The summed E-state index contributed by atoms with van der Waals surface area (Å²) in [5.41, 5.74) is 1.73. The molecule has 31 heavy (non-hydrogen) atoms. The molecule has 0 aliphatic heterocycles. The van der Waals surface area contributed by atoms with Crippen molar-refractivity contribution in [2.75, 3.05) is 6.54 Å². The van der Waals surface area contributed by atoms with Gasteiger partial charge in [-0.25, -0.2) is 8.78 Å². The van der Waals surface area contributed by atoms with Gasteiger partial charge in [0.1, 0.15) is 6.61 Å². The molecule has 0 bridgehead atoms. The summed E-state index contributed by atoms with van der Waals surface area (Å²) in [7, 11) is 0. The van der Waals surface area contributed by atoms with E-state index in [4.69, 9.17) is 4.74 Å². The third kappa shape index (κ3) is 5.63. The van der Waals surface area contributed by atoms with Crippen LogP contribution in [-0.2, 0) is 13.2 Å². The van der Waals surface area contributed by atoms with Crippen molar-refractivity contribution in [1.29, 1.82) is 0 Å². The van der Waals surface area contributed by atoms with Crippen LogP contribution < -0.4 is 10.1 Å². The number of benzene rings is 2. The Morgan fingerprint density at radius 1 is 1.13 bits per heavy atom. The number of hydrogen-bond acceptors (Lipinski definition) is 3. The number of aromatic nitrogens is 2. The number of aryl methyl sites for hydroxylation is 2. The topological polar surface area (TPSA) is 56.2 Å². The van der Waals surface area contributed by atoms with Crippen molar-refractivity contribution >= 4 is 21.8 Å². The van der Waals surface area contributed by atoms with E-state index in [-0.39, 0.29) is 18.6 Å². The van der Waals surface area contributed by atoms with E-state index in [1.54, 1.807) is 4.68 Å². The summed E-state index contributed by atoms with van der Waals surface area (Å²) in [6.45, 7) is 2.65. The Morgan fingerprint density at radius 2 is 1.77 bits per heavy atom. The smallest absolute Gasteiger partial charge is 0.251 e. The minimum absolute atomic E-state index is 0.111. The fourth-order valence-electron chi connectivity index (χ4n) is 2.74. The molecule has 0 saturated carbocycles. The zero-order chi connectivity index (χ0) is 22.5. The fourth-order valence-corrected chi connectivity index (χ4v) is 3.05. The SMILES string of the molecule is Cc1nn(CCCNC(=O)c2ccc(COc3c(F)c(F)cc(F)c3F)cc2)cc1Br. The van der Waals surface area contributed by atoms with Crippen molar-refractivity contribution < 1.29 is 27.1 Å². The predicted octanol–water partition coefficient (Wildman–Crippen LogP) is 4.91. The van der Waals surface area contributed by atoms with Crippen LogP contribution in [-0.4, -0.2) is 22.2 Å². The van der Waals surface area contributed by atoms with Crippen molar-refractivity contribution in [2.24, 2.45) is 0 Å². The van der Waals surface area contributed by atoms with Gasteiger partial charge in [0.05, 0.1) is 10.2 Å². The number of ether oxygens (including phenoxy) is 1. The van der Waals surface area contributed by atoms with Crippen molar-refractivity contribution in [3.05, 3.63) is 81.1 Å². The quantitative estimate of drug-likeness (QED) is 0.272. The van der Waals surface area contributed by atoms with Crippen LogP contribution in [0.2, 0.25) is 0 Å². The molecular weight excluding hydrogens is 482 g/mol. The van der Waals surface area contributed by atoms with Gasteiger partial charge in [0.25, 0.3) is 5.91 Å². The van der Waals surface area contributed by atoms with Gasteiger partial charge in [-0.2, -0.15) is 13.9 Å². The Labute approximate surface area is 184 Å². The van der Waals surface area contributed by atoms with Gasteiger partial charge >= 0.3 is 0 Å². The lowest BCUT2D eigenvalue weighted by molar-refractivity contribution is 0.0952. The molecule has 0 aliphatic carbocycles. The van der Waals surface area contributed by atoms with E-state index in [9.17, 15) is 22.4 Å². The molecule has 3 aromatic rings. The van der Waals surface area contributed by atoms with E-state index in [1.807, 2.05) is 13.1 Å². The van der Waals surface area contributed by atoms with Gasteiger partial charge in [-0.1, -0.05) is 12.1 Å². The van der Waals surface area contributed by atoms with Gasteiger partial charge in [-0.05, 0) is 47.0 Å². The summed E-state index contributed by atoms with van der Waals surface area (Å²) in [6, 6.07) is 6.18. The Kier molecular flexibility index (Phi) is 7.32. The van der Waals surface area contributed by atoms with E-state index in [0.29, 0.717) is 30.6 Å². The molecule has 1 aromatic heterocycles. The summed E-state index contributed by atoms with van der Waals surface area (Å²) >= 11 is 3.39. The van der Waals surface area contributed by atoms with E-state index >= 15 is 0 Å². The number of rotatable bonds is 8. The molecule has 0 aliphatic rings. The average molecular weight is 500 g/mol. The van der Waals surface area contributed by atoms with Crippen LogP contribution in [0, 0.1) is 30.2 Å². The predicted molar refractivity (Wildman–Crippen MR) is 109 cm³/mol. The lowest BCUT2D eigenvalue weighted by Gasteiger charge is -2.10. The lowest BCUT2D eigenvalue weighted by Crippen LogP contribution is -2.25. The Bertz CT molecular complexity index is 1040. The van der Waals surface area contributed by atoms with Crippen molar-refractivity contribution in [2.45, 2.75) is 26.5 Å². The standard InChI is InChI=1S/C21H18BrF4N3O2/c1-12-15(22)10-29(28-12)8-2-7-27-21(30)14-5-3-13(4-6-14)11-31-20-18(25)16(23)9-17(24)19(20)26/h3-6,9-10H,2,7-8,11H2,1H3,(H,27,30). The zero-order valence-corrected chi connectivity index (χ0v) is 18.0. The van der Waals surface area contributed by atoms with Crippen LogP contribution in [0.4, 0.5) is 17.6 Å². The third-order valence-corrected chi connectivity index (χ3v) is 5.19. The summed E-state index contributed by atoms with van der Waals surface area (Å²) in [5, 5.41) is 7.10. The molecule has 2 aromatic carbocycles. The average Bonchev–Trinajstić information content (AvgIpc) is 3.07. The monoisotopic (exact) mass is 499 g/mol. The molecular formula is C21H18BrF4N3O2. The molecule has 0 radical (unpaired) electrons. The fraction of sp³-hybridized carbons (Fsp3) is 0.238. The molecule has 1 heterocycles. The maximum Gasteiger partial charge on any atom is 0.251 e. The number of hydrogen-bond donors (Lipinski definition) is 1. The van der Waals surface area contributed by atoms with Crippen LogP contribution in [0.1, 0.15) is 28.0 Å². The number of nitrogens with zero attached hydrogens (tertiary/aromatic N) is 2. The molecule has 5 nitrogen and oxygen atoms in total. The molecule has 1 N–H and O–H groups in total. The molecule has 3 rings (SSSR count). The largest absolute Gasteiger partial charge is 0.483 e. The van der Waals surface area contributed by atoms with E-state index in [0.717, 1.165) is 10.2 Å². The first-order valence-corrected chi connectivity index (χ1v) is 10.1. The summed E-state index contributed by atoms with van der Waals surface area (Å²) in [6.07, 6.45) is 2.56. The normalized spacial score (nSPS) is 10.9. The van der Waals surface area contributed by atoms with Crippen LogP contribution in [0.5, 0.6) is 5.75 Å². The molecule has 0 spiro atoms. The van der Waals surface area contributed by atoms with Crippen molar-refractivity contribution in [3.63, 3.8) is 0 Å². The second kappa shape index (κ2) is 9.95. The maximum atomic E-state index is 13.6. The van der Waals surface area contributed by atoms with Crippen LogP contribution in [0.25, 0.3) is 0 Å². The van der Waals surface area contributed by atoms with Crippen molar-refractivity contribution in [1.82, 2.24) is 15.1 Å². The first-order chi connectivity index (χ1) is 14.8. The highest BCUT2D eigenvalue weighted by molar-refractivity contribution is 9.10. The number of halogens is 5. The molecule has 0 unspecified atom stereocenters. The summed E-state index contributed by atoms with van der Waals surface area (Å²) in [4.78, 5) is 12.2. The summed E-state index contributed by atoms with van der Waals surface area (Å²) in [5.74, 6) is -7.71. The first-order valence-electron chi connectivity index (χ1n) is 9.28. The van der Waals surface area contributed by atoms with E-state index in [1.165, 1.54) is 24.3 Å². The second-order valence-corrected chi connectivity index (χ2v) is 7.57. The third-order valence-electron chi connectivity index (χ3n) is 4.41. The highest BCUT2D eigenvalue weighted by Gasteiger charge is 2.20. The Balaban J connectivity index is 1.50. The highest BCUT2D eigenvalue weighted by Crippen LogP contribution is 2.27. The Hall–Kier alpha value is -2.88. The maximum absolute atomic E-state index is 13.6. The van der Waals surface area contributed by atoms with Gasteiger partial charge in [-0.15, -0.1) is 0 Å². The Morgan fingerprint density at radius 3 is 2.35 bits per heavy atom. The number of nitrogens with one attached hydrogen (secondary N) is 1. The molecule has 0 saturated heterocycles. The zero-order valence-electron chi connectivity index (χ0n) is 16.4. The molecule has 1 amide bonds. The van der Waals surface area contributed by atoms with Gasteiger partial charge in [0, 0.05) is 30.9 Å². The van der Waals surface area contributed by atoms with Crippen molar-refractivity contribution in [3.8, 4) is 5.75 Å². The number of carbonyl (C=O) groups excluding carboxylic acids is 1. The van der Waals surface area contributed by atoms with Crippen LogP contribution in [0.15, 0.2) is 41.0 Å². The van der Waals surface area contributed by atoms with E-state index < -0.39 is 29.0 Å². The molecule has 10 heteroatoms. The molecule has 164 valence electrons. The second-order valence-electron chi connectivity index (χ2n) is 6.72. The van der Waals surface area contributed by atoms with Crippen LogP contribution >= 0.6 is 15.9 Å². The van der Waals surface area contributed by atoms with Crippen LogP contribution in [0.3, 0.4) is 0 Å².